The number of fused-ring (bicyclic) bond motifs is 1. The first-order valence-electron chi connectivity index (χ1n) is 11.2. The number of ether oxygens (including phenoxy) is 1. The number of H-pyrrole nitrogens is 1. The summed E-state index contributed by atoms with van der Waals surface area (Å²) < 4.78 is 9.26. The summed E-state index contributed by atoms with van der Waals surface area (Å²) in [5.74, 6) is 1.15. The first-order chi connectivity index (χ1) is 17.2. The van der Waals surface area contributed by atoms with E-state index in [9.17, 15) is 14.9 Å². The normalized spacial score (nSPS) is 12.1. The fraction of sp³-hybridized carbons (Fsp3) is 0.185. The summed E-state index contributed by atoms with van der Waals surface area (Å²) in [7, 11) is 4.85. The molecule has 184 valence electrons. The molecule has 0 fully saturated rings. The fourth-order valence-electron chi connectivity index (χ4n) is 4.13. The van der Waals surface area contributed by atoms with Gasteiger partial charge in [0.15, 0.2) is 5.75 Å². The van der Waals surface area contributed by atoms with Gasteiger partial charge in [0.1, 0.15) is 23.0 Å². The number of allylic oxidation sites excluding steroid dienone is 2. The molecular formula is C27H28N6O3. The molecule has 4 aromatic rings. The first kappa shape index (κ1) is 24.3. The average molecular weight is 485 g/mol. The van der Waals surface area contributed by atoms with Gasteiger partial charge in [0.05, 0.1) is 11.9 Å². The number of pyridine rings is 2. The number of hydrogen-bond acceptors (Lipinski definition) is 6. The highest BCUT2D eigenvalue weighted by atomic mass is 16.5. The van der Waals surface area contributed by atoms with Gasteiger partial charge in [-0.2, -0.15) is 5.26 Å². The molecule has 0 aliphatic heterocycles. The van der Waals surface area contributed by atoms with Crippen LogP contribution in [0.3, 0.4) is 0 Å². The van der Waals surface area contributed by atoms with Gasteiger partial charge in [-0.3, -0.25) is 14.6 Å². The van der Waals surface area contributed by atoms with Gasteiger partial charge in [-0.1, -0.05) is 18.2 Å². The lowest BCUT2D eigenvalue weighted by Gasteiger charge is -2.17. The third-order valence-electron chi connectivity index (χ3n) is 6.03. The molecule has 36 heavy (non-hydrogen) atoms. The second-order valence-electron chi connectivity index (χ2n) is 8.58. The summed E-state index contributed by atoms with van der Waals surface area (Å²) in [5.41, 5.74) is 9.51. The van der Waals surface area contributed by atoms with Crippen LogP contribution in [0.15, 0.2) is 63.0 Å². The van der Waals surface area contributed by atoms with E-state index in [1.807, 2.05) is 38.1 Å². The Balaban J connectivity index is 0.00000380. The van der Waals surface area contributed by atoms with Crippen molar-refractivity contribution in [2.45, 2.75) is 13.8 Å². The van der Waals surface area contributed by atoms with E-state index in [0.29, 0.717) is 44.8 Å². The molecule has 0 aliphatic carbocycles. The van der Waals surface area contributed by atoms with Gasteiger partial charge < -0.3 is 24.6 Å². The highest BCUT2D eigenvalue weighted by Crippen LogP contribution is 2.38. The zero-order valence-electron chi connectivity index (χ0n) is 20.7. The monoisotopic (exact) mass is 484 g/mol. The van der Waals surface area contributed by atoms with Crippen molar-refractivity contribution >= 4 is 22.7 Å². The molecule has 1 aromatic carbocycles. The second kappa shape index (κ2) is 9.43. The van der Waals surface area contributed by atoms with Crippen LogP contribution in [0.1, 0.15) is 18.2 Å². The molecule has 9 nitrogen and oxygen atoms in total. The van der Waals surface area contributed by atoms with Gasteiger partial charge in [0.25, 0.3) is 11.1 Å². The van der Waals surface area contributed by atoms with Crippen molar-refractivity contribution in [2.24, 2.45) is 24.8 Å². The van der Waals surface area contributed by atoms with Crippen molar-refractivity contribution in [2.75, 3.05) is 7.05 Å². The third-order valence-corrected chi connectivity index (χ3v) is 6.03. The Morgan fingerprint density at radius 3 is 2.47 bits per heavy atom. The molecule has 9 heteroatoms. The van der Waals surface area contributed by atoms with E-state index in [2.05, 4.69) is 9.98 Å². The number of rotatable bonds is 5. The number of nitrogens with zero attached hydrogens (tertiary/aromatic N) is 4. The quantitative estimate of drug-likeness (QED) is 0.329. The number of aromatic nitrogens is 3. The topological polar surface area (TPSA) is 131 Å². The zero-order valence-corrected chi connectivity index (χ0v) is 20.7. The van der Waals surface area contributed by atoms with Crippen LogP contribution in [0, 0.1) is 25.2 Å². The lowest BCUT2D eigenvalue weighted by atomic mass is 10.0. The van der Waals surface area contributed by atoms with Crippen LogP contribution in [0.4, 0.5) is 0 Å². The van der Waals surface area contributed by atoms with Crippen LogP contribution in [-0.2, 0) is 14.1 Å². The average Bonchev–Trinajstić information content (AvgIpc) is 3.29. The van der Waals surface area contributed by atoms with Crippen molar-refractivity contribution in [3.05, 3.63) is 86.0 Å². The molecule has 0 bridgehead atoms. The smallest absolute Gasteiger partial charge is 0.274 e. The van der Waals surface area contributed by atoms with Crippen LogP contribution in [0.2, 0.25) is 0 Å². The van der Waals surface area contributed by atoms with Crippen LogP contribution in [0.5, 0.6) is 11.5 Å². The molecule has 0 atom stereocenters. The zero-order chi connectivity index (χ0) is 26.1. The molecule has 0 aliphatic rings. The van der Waals surface area contributed by atoms with E-state index in [1.165, 1.54) is 21.4 Å². The summed E-state index contributed by atoms with van der Waals surface area (Å²) in [6.45, 7) is 3.91. The minimum atomic E-state index is -0.274. The van der Waals surface area contributed by atoms with Gasteiger partial charge >= 0.3 is 0 Å². The summed E-state index contributed by atoms with van der Waals surface area (Å²) >= 11 is 0. The highest BCUT2D eigenvalue weighted by molar-refractivity contribution is 6.13. The molecule has 3 heterocycles. The fourth-order valence-corrected chi connectivity index (χ4v) is 4.13. The number of nitriles is 1. The first-order valence-corrected chi connectivity index (χ1v) is 11.2. The van der Waals surface area contributed by atoms with E-state index in [4.69, 9.17) is 10.5 Å². The Bertz CT molecular complexity index is 1710. The van der Waals surface area contributed by atoms with Crippen molar-refractivity contribution in [3.8, 4) is 28.7 Å². The minimum absolute atomic E-state index is 0. The number of hydrogen-bond donors (Lipinski definition) is 2. The summed E-state index contributed by atoms with van der Waals surface area (Å²) in [5, 5.41) is 9.91. The van der Waals surface area contributed by atoms with Gasteiger partial charge in [0, 0.05) is 63.1 Å². The highest BCUT2D eigenvalue weighted by Gasteiger charge is 2.20. The Morgan fingerprint density at radius 2 is 1.83 bits per heavy atom. The van der Waals surface area contributed by atoms with E-state index >= 15 is 0 Å². The largest absolute Gasteiger partial charge is 0.455 e. The number of aromatic amines is 1. The van der Waals surface area contributed by atoms with E-state index in [-0.39, 0.29) is 18.2 Å². The van der Waals surface area contributed by atoms with Crippen LogP contribution < -0.4 is 21.6 Å². The third kappa shape index (κ3) is 4.20. The molecule has 0 spiro atoms. The molecule has 4 rings (SSSR count). The van der Waals surface area contributed by atoms with Crippen LogP contribution in [-0.4, -0.2) is 27.4 Å². The van der Waals surface area contributed by atoms with Crippen molar-refractivity contribution in [3.63, 3.8) is 0 Å². The van der Waals surface area contributed by atoms with Crippen molar-refractivity contribution in [1.29, 1.82) is 5.26 Å². The Morgan fingerprint density at radius 1 is 1.14 bits per heavy atom. The molecule has 0 radical (unpaired) electrons. The molecule has 3 N–H and O–H groups in total. The van der Waals surface area contributed by atoms with Gasteiger partial charge in [-0.15, -0.1) is 0 Å². The number of aryl methyl sites for hydroxylation is 4. The van der Waals surface area contributed by atoms with E-state index in [0.717, 1.165) is 11.1 Å². The Hall–Kier alpha value is -4.84. The summed E-state index contributed by atoms with van der Waals surface area (Å²) in [6.07, 6.45) is 4.76. The molecule has 0 saturated heterocycles. The second-order valence-corrected chi connectivity index (χ2v) is 8.58. The Kier molecular flexibility index (Phi) is 6.36. The predicted molar refractivity (Wildman–Crippen MR) is 143 cm³/mol. The van der Waals surface area contributed by atoms with Crippen molar-refractivity contribution in [1.82, 2.24) is 14.1 Å². The van der Waals surface area contributed by atoms with Crippen LogP contribution in [0.25, 0.3) is 27.6 Å². The van der Waals surface area contributed by atoms with E-state index in [1.54, 1.807) is 39.6 Å². The predicted octanol–water partition coefficient (Wildman–Crippen LogP) is 3.78. The van der Waals surface area contributed by atoms with Gasteiger partial charge in [-0.25, -0.2) is 0 Å². The minimum Gasteiger partial charge on any atom is -0.455 e. The SMILES string of the molecule is CN=C/C(=C(\N)C#N)c1cc2c(-c3cc(=O)n(C)cc3Oc3c(C)cccc3C)cn(C)c(=O)c2[nH]1.[HH]. The van der Waals surface area contributed by atoms with Crippen LogP contribution >= 0.6 is 0 Å². The van der Waals surface area contributed by atoms with Gasteiger partial charge in [0.2, 0.25) is 0 Å². The maximum atomic E-state index is 13.0. The summed E-state index contributed by atoms with van der Waals surface area (Å²) in [4.78, 5) is 32.8. The number of nitrogens with two attached hydrogens (primary N) is 1. The van der Waals surface area contributed by atoms with E-state index < -0.39 is 0 Å². The molecule has 0 saturated carbocycles. The number of para-hydroxylation sites is 1. The maximum Gasteiger partial charge on any atom is 0.274 e. The molecule has 0 amide bonds. The molecule has 3 aromatic heterocycles. The maximum absolute atomic E-state index is 13.0. The molecule has 0 unspecified atom stereocenters. The number of aliphatic imine (C=N–C) groups is 1. The molecular weight excluding hydrogens is 456 g/mol. The lowest BCUT2D eigenvalue weighted by molar-refractivity contribution is 0.470. The van der Waals surface area contributed by atoms with Gasteiger partial charge in [-0.05, 0) is 31.0 Å². The van der Waals surface area contributed by atoms with Crippen molar-refractivity contribution < 1.29 is 6.16 Å². The number of benzene rings is 1. The Labute approximate surface area is 208 Å². The number of nitrogens with one attached hydrogen (secondary N) is 1. The summed E-state index contributed by atoms with van der Waals surface area (Å²) in [6, 6.07) is 11.0. The lowest BCUT2D eigenvalue weighted by Crippen LogP contribution is -2.18. The standard InChI is InChI=1S/C27H26N6O3.H2/c1-15-7-6-8-16(2)26(15)36-23-14-32(4)24(34)10-17(23)20-13-33(5)27(35)25-18(20)9-22(31-25)19(12-30-3)21(29)11-28;/h6-10,12-14,31H,29H2,1-5H3;1H/b21-19+,30-12?;.